The number of ether oxygens (including phenoxy) is 1. The first-order valence-electron chi connectivity index (χ1n) is 7.00. The van der Waals surface area contributed by atoms with Crippen LogP contribution in [0.5, 0.6) is 0 Å². The highest BCUT2D eigenvalue weighted by Crippen LogP contribution is 2.24. The molecular weight excluding hydrogens is 238 g/mol. The van der Waals surface area contributed by atoms with Crippen LogP contribution in [0.25, 0.3) is 11.0 Å². The Morgan fingerprint density at radius 1 is 1.21 bits per heavy atom. The van der Waals surface area contributed by atoms with Crippen molar-refractivity contribution in [3.05, 3.63) is 36.1 Å². The molecule has 0 aliphatic carbocycles. The molecule has 0 saturated heterocycles. The number of nitrogens with one attached hydrogen (secondary N) is 1. The Bertz CT molecular complexity index is 471. The number of rotatable bonds is 7. The third-order valence-electron chi connectivity index (χ3n) is 2.97. The van der Waals surface area contributed by atoms with E-state index in [2.05, 4.69) is 38.2 Å². The van der Waals surface area contributed by atoms with E-state index in [-0.39, 0.29) is 6.04 Å². The Morgan fingerprint density at radius 2 is 2.00 bits per heavy atom. The van der Waals surface area contributed by atoms with Gasteiger partial charge in [-0.3, -0.25) is 0 Å². The molecule has 0 fully saturated rings. The van der Waals surface area contributed by atoms with E-state index in [9.17, 15) is 0 Å². The molecule has 0 saturated carbocycles. The van der Waals surface area contributed by atoms with Gasteiger partial charge in [-0.05, 0) is 24.6 Å². The van der Waals surface area contributed by atoms with Gasteiger partial charge in [0.25, 0.3) is 0 Å². The second kappa shape index (κ2) is 6.73. The Balaban J connectivity index is 2.08. The predicted molar refractivity (Wildman–Crippen MR) is 78.3 cm³/mol. The quantitative estimate of drug-likeness (QED) is 0.824. The van der Waals surface area contributed by atoms with E-state index in [1.165, 1.54) is 0 Å². The Kier molecular flexibility index (Phi) is 5.00. The lowest BCUT2D eigenvalue weighted by Gasteiger charge is -2.16. The Hall–Kier alpha value is -1.32. The summed E-state index contributed by atoms with van der Waals surface area (Å²) in [6.45, 7) is 8.73. The number of likely N-dealkylation sites (N-methyl/N-ethyl adjacent to an activating group) is 1. The molecule has 1 N–H and O–H groups in total. The Morgan fingerprint density at radius 3 is 2.68 bits per heavy atom. The summed E-state index contributed by atoms with van der Waals surface area (Å²) in [7, 11) is 0. The molecule has 0 amide bonds. The van der Waals surface area contributed by atoms with E-state index in [4.69, 9.17) is 9.15 Å². The van der Waals surface area contributed by atoms with Gasteiger partial charge in [-0.1, -0.05) is 39.0 Å². The molecule has 1 atom stereocenters. The van der Waals surface area contributed by atoms with Crippen LogP contribution in [0.1, 0.15) is 32.6 Å². The van der Waals surface area contributed by atoms with Gasteiger partial charge in [0.2, 0.25) is 0 Å². The summed E-state index contributed by atoms with van der Waals surface area (Å²) in [5.41, 5.74) is 0.935. The molecule has 1 heterocycles. The normalized spacial score (nSPS) is 13.3. The van der Waals surface area contributed by atoms with Gasteiger partial charge >= 0.3 is 0 Å². The molecule has 0 radical (unpaired) electrons. The number of hydrogen-bond acceptors (Lipinski definition) is 3. The zero-order valence-corrected chi connectivity index (χ0v) is 12.0. The molecule has 104 valence electrons. The van der Waals surface area contributed by atoms with Gasteiger partial charge in [0, 0.05) is 12.0 Å². The average molecular weight is 261 g/mol. The number of hydrogen-bond donors (Lipinski definition) is 1. The molecule has 3 nitrogen and oxygen atoms in total. The smallest absolute Gasteiger partial charge is 0.134 e. The molecule has 19 heavy (non-hydrogen) atoms. The molecule has 0 aliphatic heterocycles. The molecule has 0 bridgehead atoms. The van der Waals surface area contributed by atoms with Crippen molar-refractivity contribution >= 4 is 11.0 Å². The fourth-order valence-electron chi connectivity index (χ4n) is 2.08. The van der Waals surface area contributed by atoms with Crippen LogP contribution >= 0.6 is 0 Å². The third-order valence-corrected chi connectivity index (χ3v) is 2.97. The van der Waals surface area contributed by atoms with E-state index in [1.54, 1.807) is 0 Å². The van der Waals surface area contributed by atoms with E-state index in [0.29, 0.717) is 12.5 Å². The van der Waals surface area contributed by atoms with Crippen molar-refractivity contribution in [2.75, 3.05) is 19.8 Å². The summed E-state index contributed by atoms with van der Waals surface area (Å²) >= 11 is 0. The maximum absolute atomic E-state index is 5.90. The summed E-state index contributed by atoms with van der Waals surface area (Å²) in [5.74, 6) is 1.50. The first-order valence-corrected chi connectivity index (χ1v) is 7.00. The summed E-state index contributed by atoms with van der Waals surface area (Å²) < 4.78 is 11.6. The first kappa shape index (κ1) is 14.1. The summed E-state index contributed by atoms with van der Waals surface area (Å²) in [6, 6.07) is 10.3. The monoisotopic (exact) mass is 261 g/mol. The molecule has 2 rings (SSSR count). The number of fused-ring (bicyclic) bond motifs is 1. The molecule has 1 unspecified atom stereocenters. The topological polar surface area (TPSA) is 34.4 Å². The lowest BCUT2D eigenvalue weighted by molar-refractivity contribution is 0.0858. The van der Waals surface area contributed by atoms with Crippen molar-refractivity contribution in [2.24, 2.45) is 5.92 Å². The SMILES string of the molecule is CCNC(COCC(C)C)c1cc2ccccc2o1. The van der Waals surface area contributed by atoms with E-state index >= 15 is 0 Å². The van der Waals surface area contributed by atoms with Crippen LogP contribution in [0.4, 0.5) is 0 Å². The average Bonchev–Trinajstić information content (AvgIpc) is 2.81. The van der Waals surface area contributed by atoms with Crippen molar-refractivity contribution in [2.45, 2.75) is 26.8 Å². The highest BCUT2D eigenvalue weighted by Gasteiger charge is 2.15. The van der Waals surface area contributed by atoms with Gasteiger partial charge in [0.05, 0.1) is 12.6 Å². The van der Waals surface area contributed by atoms with Crippen molar-refractivity contribution < 1.29 is 9.15 Å². The summed E-state index contributed by atoms with van der Waals surface area (Å²) in [6.07, 6.45) is 0. The van der Waals surface area contributed by atoms with Gasteiger partial charge in [-0.15, -0.1) is 0 Å². The summed E-state index contributed by atoms with van der Waals surface area (Å²) in [5, 5.41) is 4.56. The third kappa shape index (κ3) is 3.82. The molecule has 3 heteroatoms. The minimum Gasteiger partial charge on any atom is -0.459 e. The molecule has 1 aromatic heterocycles. The van der Waals surface area contributed by atoms with Gasteiger partial charge < -0.3 is 14.5 Å². The Labute approximate surface area is 114 Å². The van der Waals surface area contributed by atoms with E-state index < -0.39 is 0 Å². The largest absolute Gasteiger partial charge is 0.459 e. The van der Waals surface area contributed by atoms with Crippen molar-refractivity contribution in [1.82, 2.24) is 5.32 Å². The highest BCUT2D eigenvalue weighted by molar-refractivity contribution is 5.77. The fourth-order valence-corrected chi connectivity index (χ4v) is 2.08. The maximum Gasteiger partial charge on any atom is 0.134 e. The number of benzene rings is 1. The lowest BCUT2D eigenvalue weighted by Crippen LogP contribution is -2.25. The second-order valence-corrected chi connectivity index (χ2v) is 5.23. The van der Waals surface area contributed by atoms with Crippen LogP contribution in [-0.4, -0.2) is 19.8 Å². The van der Waals surface area contributed by atoms with Gasteiger partial charge in [0.15, 0.2) is 0 Å². The minimum atomic E-state index is 0.121. The lowest BCUT2D eigenvalue weighted by atomic mass is 10.2. The maximum atomic E-state index is 5.90. The predicted octanol–water partition coefficient (Wildman–Crippen LogP) is 3.76. The van der Waals surface area contributed by atoms with Gasteiger partial charge in [-0.25, -0.2) is 0 Å². The van der Waals surface area contributed by atoms with Crippen LogP contribution in [0.3, 0.4) is 0 Å². The van der Waals surface area contributed by atoms with Crippen LogP contribution < -0.4 is 5.32 Å². The molecular formula is C16H23NO2. The molecule has 0 spiro atoms. The van der Waals surface area contributed by atoms with Gasteiger partial charge in [-0.2, -0.15) is 0 Å². The van der Waals surface area contributed by atoms with Crippen molar-refractivity contribution in [3.63, 3.8) is 0 Å². The second-order valence-electron chi connectivity index (χ2n) is 5.23. The van der Waals surface area contributed by atoms with Crippen molar-refractivity contribution in [3.8, 4) is 0 Å². The van der Waals surface area contributed by atoms with Crippen LogP contribution in [0.2, 0.25) is 0 Å². The minimum absolute atomic E-state index is 0.121. The van der Waals surface area contributed by atoms with E-state index in [1.807, 2.05) is 18.2 Å². The molecule has 1 aromatic carbocycles. The number of furan rings is 1. The van der Waals surface area contributed by atoms with Crippen LogP contribution in [0.15, 0.2) is 34.7 Å². The first-order chi connectivity index (χ1) is 9.20. The van der Waals surface area contributed by atoms with Crippen LogP contribution in [0, 0.1) is 5.92 Å². The highest BCUT2D eigenvalue weighted by atomic mass is 16.5. The van der Waals surface area contributed by atoms with Crippen LogP contribution in [-0.2, 0) is 4.74 Å². The van der Waals surface area contributed by atoms with Gasteiger partial charge in [0.1, 0.15) is 11.3 Å². The molecule has 0 aliphatic rings. The molecule has 2 aromatic rings. The van der Waals surface area contributed by atoms with Crippen molar-refractivity contribution in [1.29, 1.82) is 0 Å². The number of para-hydroxylation sites is 1. The van der Waals surface area contributed by atoms with E-state index in [0.717, 1.165) is 29.9 Å². The zero-order valence-electron chi connectivity index (χ0n) is 12.0. The fraction of sp³-hybridized carbons (Fsp3) is 0.500. The standard InChI is InChI=1S/C16H23NO2/c1-4-17-14(11-18-10-12(2)3)16-9-13-7-5-6-8-15(13)19-16/h5-9,12,14,17H,4,10-11H2,1-3H3. The summed E-state index contributed by atoms with van der Waals surface area (Å²) in [4.78, 5) is 0. The zero-order chi connectivity index (χ0) is 13.7.